The Labute approximate surface area is 97.3 Å². The van der Waals surface area contributed by atoms with Gasteiger partial charge < -0.3 is 4.74 Å². The molecule has 0 heterocycles. The van der Waals surface area contributed by atoms with E-state index in [1.165, 1.54) is 0 Å². The van der Waals surface area contributed by atoms with Crippen LogP contribution in [0.25, 0.3) is 0 Å². The van der Waals surface area contributed by atoms with Crippen LogP contribution in [0.5, 0.6) is 0 Å². The summed E-state index contributed by atoms with van der Waals surface area (Å²) < 4.78 is 20.4. The molecule has 0 aliphatic heterocycles. The monoisotopic (exact) mass is 214 g/mol. The molecule has 0 unspecified atom stereocenters. The van der Waals surface area contributed by atoms with Crippen LogP contribution in [-0.2, 0) is 11.3 Å². The van der Waals surface area contributed by atoms with Crippen LogP contribution in [0.2, 0.25) is 0 Å². The smallest absolute Gasteiger partial charge is 0.338 e. The molecule has 0 fully saturated rings. The molecule has 0 saturated heterocycles. The summed E-state index contributed by atoms with van der Waals surface area (Å²) in [5, 5.41) is 0. The van der Waals surface area contributed by atoms with Crippen molar-refractivity contribution in [1.82, 2.24) is 0 Å². The van der Waals surface area contributed by atoms with Gasteiger partial charge in [0.05, 0.1) is 8.30 Å². The minimum absolute atomic E-state index is 0.314. The van der Waals surface area contributed by atoms with E-state index in [0.29, 0.717) is 11.1 Å². The molecule has 0 aromatic heterocycles. The first kappa shape index (κ1) is 8.11. The fourth-order valence-corrected chi connectivity index (χ4v) is 1.24. The van der Waals surface area contributed by atoms with E-state index in [4.69, 9.17) is 7.48 Å². The number of esters is 1. The minimum Gasteiger partial charge on any atom is -0.457 e. The van der Waals surface area contributed by atoms with Crippen molar-refractivity contribution in [1.29, 1.82) is 0 Å². The average Bonchev–Trinajstić information content (AvgIpc) is 2.40. The summed E-state index contributed by atoms with van der Waals surface area (Å²) in [6, 6.07) is 16.7. The summed E-state index contributed by atoms with van der Waals surface area (Å²) in [7, 11) is 0. The maximum Gasteiger partial charge on any atom is 0.338 e. The maximum absolute atomic E-state index is 11.8. The highest BCUT2D eigenvalue weighted by atomic mass is 16.5. The van der Waals surface area contributed by atoms with Crippen molar-refractivity contribution >= 4 is 5.97 Å². The van der Waals surface area contributed by atoms with Crippen LogP contribution in [0, 0.1) is 0 Å². The SMILES string of the molecule is [2H]C([2H])(OC(=O)c1ccccc1)c1ccccc1. The van der Waals surface area contributed by atoms with Gasteiger partial charge in [-0.2, -0.15) is 0 Å². The van der Waals surface area contributed by atoms with Gasteiger partial charge in [-0.05, 0) is 17.7 Å². The molecule has 0 atom stereocenters. The number of carbonyl (C=O) groups is 1. The van der Waals surface area contributed by atoms with Crippen molar-refractivity contribution in [3.05, 3.63) is 71.8 Å². The highest BCUT2D eigenvalue weighted by Crippen LogP contribution is 2.05. The van der Waals surface area contributed by atoms with Crippen LogP contribution in [0.4, 0.5) is 0 Å². The predicted octanol–water partition coefficient (Wildman–Crippen LogP) is 3.04. The molecule has 0 N–H and O–H groups in total. The number of hydrogen-bond donors (Lipinski definition) is 0. The molecule has 0 amide bonds. The fraction of sp³-hybridized carbons (Fsp3) is 0.0714. The van der Waals surface area contributed by atoms with E-state index < -0.39 is 12.5 Å². The minimum atomic E-state index is -2.13. The summed E-state index contributed by atoms with van der Waals surface area (Å²) >= 11 is 0. The van der Waals surface area contributed by atoms with Crippen molar-refractivity contribution in [2.75, 3.05) is 0 Å². The Bertz CT molecular complexity index is 524. The molecule has 0 radical (unpaired) electrons. The van der Waals surface area contributed by atoms with Gasteiger partial charge >= 0.3 is 5.97 Å². The van der Waals surface area contributed by atoms with E-state index in [0.717, 1.165) is 0 Å². The quantitative estimate of drug-likeness (QED) is 0.734. The molecule has 16 heavy (non-hydrogen) atoms. The highest BCUT2D eigenvalue weighted by Gasteiger charge is 2.05. The molecule has 0 aliphatic rings. The molecule has 0 aliphatic carbocycles. The molecule has 2 aromatic carbocycles. The lowest BCUT2D eigenvalue weighted by Gasteiger charge is -2.04. The van der Waals surface area contributed by atoms with Gasteiger partial charge in [-0.15, -0.1) is 0 Å². The van der Waals surface area contributed by atoms with Gasteiger partial charge in [0.1, 0.15) is 6.56 Å². The summed E-state index contributed by atoms with van der Waals surface area (Å²) in [5.74, 6) is -0.676. The number of ether oxygens (including phenoxy) is 1. The van der Waals surface area contributed by atoms with Gasteiger partial charge in [0.25, 0.3) is 0 Å². The van der Waals surface area contributed by atoms with Crippen molar-refractivity contribution in [3.8, 4) is 0 Å². The van der Waals surface area contributed by atoms with Crippen LogP contribution < -0.4 is 0 Å². The molecule has 2 aromatic rings. The van der Waals surface area contributed by atoms with E-state index >= 15 is 0 Å². The van der Waals surface area contributed by atoms with Crippen LogP contribution in [-0.4, -0.2) is 5.97 Å². The van der Waals surface area contributed by atoms with Gasteiger partial charge in [0.15, 0.2) is 0 Å². The zero-order valence-electron chi connectivity index (χ0n) is 10.6. The summed E-state index contributed by atoms with van der Waals surface area (Å²) in [4.78, 5) is 11.8. The summed E-state index contributed by atoms with van der Waals surface area (Å²) in [5.41, 5.74) is 0.645. The second kappa shape index (κ2) is 5.12. The predicted molar refractivity (Wildman–Crippen MR) is 62.0 cm³/mol. The van der Waals surface area contributed by atoms with Crippen molar-refractivity contribution in [3.63, 3.8) is 0 Å². The van der Waals surface area contributed by atoms with Crippen molar-refractivity contribution in [2.45, 2.75) is 6.56 Å². The summed E-state index contributed by atoms with van der Waals surface area (Å²) in [6.45, 7) is -2.13. The summed E-state index contributed by atoms with van der Waals surface area (Å²) in [6.07, 6.45) is 0. The Morgan fingerprint density at radius 2 is 1.56 bits per heavy atom. The Morgan fingerprint density at radius 3 is 2.19 bits per heavy atom. The molecule has 0 saturated carbocycles. The molecular formula is C14H12O2. The van der Waals surface area contributed by atoms with Crippen LogP contribution >= 0.6 is 0 Å². The van der Waals surface area contributed by atoms with Crippen LogP contribution in [0.3, 0.4) is 0 Å². The Balaban J connectivity index is 2.17. The van der Waals surface area contributed by atoms with Gasteiger partial charge in [-0.1, -0.05) is 48.5 Å². The lowest BCUT2D eigenvalue weighted by molar-refractivity contribution is 0.0472. The topological polar surface area (TPSA) is 26.3 Å². The van der Waals surface area contributed by atoms with E-state index in [1.54, 1.807) is 60.7 Å². The Morgan fingerprint density at radius 1 is 1.00 bits per heavy atom. The average molecular weight is 214 g/mol. The molecule has 2 heteroatoms. The van der Waals surface area contributed by atoms with Gasteiger partial charge in [-0.3, -0.25) is 0 Å². The zero-order chi connectivity index (χ0) is 13.0. The number of hydrogen-bond acceptors (Lipinski definition) is 2. The number of rotatable bonds is 3. The molecule has 2 rings (SSSR count). The lowest BCUT2D eigenvalue weighted by atomic mass is 10.2. The third-order valence-electron chi connectivity index (χ3n) is 2.04. The standard InChI is InChI=1S/C14H12O2/c15-14(13-9-5-2-6-10-13)16-11-12-7-3-1-4-8-12/h1-10H,11H2/i11D2. The van der Waals surface area contributed by atoms with E-state index in [2.05, 4.69) is 0 Å². The van der Waals surface area contributed by atoms with E-state index in [-0.39, 0.29) is 0 Å². The number of benzene rings is 2. The third kappa shape index (κ3) is 2.70. The van der Waals surface area contributed by atoms with Crippen molar-refractivity contribution in [2.24, 2.45) is 0 Å². The molecule has 0 bridgehead atoms. The normalized spacial score (nSPS) is 12.5. The first-order valence-electron chi connectivity index (χ1n) is 5.93. The molecule has 0 spiro atoms. The maximum atomic E-state index is 11.8. The third-order valence-corrected chi connectivity index (χ3v) is 2.04. The molecule has 80 valence electrons. The van der Waals surface area contributed by atoms with Crippen molar-refractivity contribution < 1.29 is 12.3 Å². The van der Waals surface area contributed by atoms with Crippen LogP contribution in [0.1, 0.15) is 18.7 Å². The van der Waals surface area contributed by atoms with Gasteiger partial charge in [0, 0.05) is 0 Å². The fourth-order valence-electron chi connectivity index (χ4n) is 1.24. The van der Waals surface area contributed by atoms with Gasteiger partial charge in [0.2, 0.25) is 0 Å². The first-order valence-corrected chi connectivity index (χ1v) is 4.93. The van der Waals surface area contributed by atoms with Gasteiger partial charge in [-0.25, -0.2) is 4.79 Å². The second-order valence-corrected chi connectivity index (χ2v) is 3.22. The Hall–Kier alpha value is -2.09. The zero-order valence-corrected chi connectivity index (χ0v) is 8.59. The van der Waals surface area contributed by atoms with Crippen LogP contribution in [0.15, 0.2) is 60.7 Å². The number of carbonyl (C=O) groups excluding carboxylic acids is 1. The Kier molecular flexibility index (Phi) is 2.60. The molecular weight excluding hydrogens is 200 g/mol. The van der Waals surface area contributed by atoms with E-state index in [9.17, 15) is 4.79 Å². The highest BCUT2D eigenvalue weighted by molar-refractivity contribution is 5.89. The lowest BCUT2D eigenvalue weighted by Crippen LogP contribution is -2.04. The second-order valence-electron chi connectivity index (χ2n) is 3.22. The van der Waals surface area contributed by atoms with E-state index in [1.807, 2.05) is 0 Å². The largest absolute Gasteiger partial charge is 0.457 e. The molecule has 2 nitrogen and oxygen atoms in total. The first-order chi connectivity index (χ1) is 8.59.